The van der Waals surface area contributed by atoms with Crippen molar-refractivity contribution in [2.24, 2.45) is 0 Å². The molecule has 0 aromatic heterocycles. The number of nitrogens with one attached hydrogen (secondary N) is 2. The Morgan fingerprint density at radius 1 is 1.00 bits per heavy atom. The van der Waals surface area contributed by atoms with Crippen molar-refractivity contribution in [3.05, 3.63) is 28.1 Å². The lowest BCUT2D eigenvalue weighted by Crippen LogP contribution is -3.01. The van der Waals surface area contributed by atoms with Crippen LogP contribution in [0.1, 0.15) is 52.0 Å². The molecule has 0 saturated carbocycles. The lowest BCUT2D eigenvalue weighted by Gasteiger charge is -2.30. The summed E-state index contributed by atoms with van der Waals surface area (Å²) in [5, 5.41) is 40.2. The summed E-state index contributed by atoms with van der Waals surface area (Å²) in [6.45, 7) is 9.09. The number of hydrogen-bond acceptors (Lipinski definition) is 5. The fourth-order valence-corrected chi connectivity index (χ4v) is 2.53. The summed E-state index contributed by atoms with van der Waals surface area (Å²) in [4.78, 5) is 1.87. The lowest BCUT2D eigenvalue weighted by atomic mass is 10.00. The summed E-state index contributed by atoms with van der Waals surface area (Å²) in [7, 11) is 0. The monoisotopic (exact) mass is 313 g/mol. The molecule has 0 aliphatic heterocycles. The number of quaternary nitrogens is 2. The number of hydrogen-bond donors (Lipinski definition) is 4. The molecule has 7 nitrogen and oxygen atoms in total. The summed E-state index contributed by atoms with van der Waals surface area (Å²) in [6.07, 6.45) is 1.65. The molecule has 0 radical (unpaired) electrons. The smallest absolute Gasteiger partial charge is 0.194 e. The van der Waals surface area contributed by atoms with Gasteiger partial charge in [0.05, 0.1) is 0 Å². The zero-order valence-electron chi connectivity index (χ0n) is 13.7. The van der Waals surface area contributed by atoms with E-state index in [1.54, 1.807) is 12.1 Å². The molecule has 126 valence electrons. The largest absolute Gasteiger partial charge is 0.595 e. The quantitative estimate of drug-likeness (QED) is 0.541. The highest BCUT2D eigenvalue weighted by molar-refractivity contribution is 5.76. The molecule has 0 heterocycles. The van der Waals surface area contributed by atoms with Gasteiger partial charge in [-0.2, -0.15) is 10.5 Å². The third-order valence-corrected chi connectivity index (χ3v) is 3.56. The molecule has 0 amide bonds. The van der Waals surface area contributed by atoms with Crippen molar-refractivity contribution >= 4 is 17.1 Å². The van der Waals surface area contributed by atoms with Gasteiger partial charge >= 0.3 is 0 Å². The summed E-state index contributed by atoms with van der Waals surface area (Å²) in [5.41, 5.74) is 1.20. The van der Waals surface area contributed by atoms with Crippen LogP contribution in [0.3, 0.4) is 0 Å². The van der Waals surface area contributed by atoms with Crippen LogP contribution >= 0.6 is 0 Å². The van der Waals surface area contributed by atoms with Crippen molar-refractivity contribution in [1.82, 2.24) is 0 Å². The Bertz CT molecular complexity index is 443. The molecular formula is C15H27N3O4. The van der Waals surface area contributed by atoms with Crippen LogP contribution in [0.5, 0.6) is 0 Å². The second kappa shape index (κ2) is 8.42. The minimum Gasteiger partial charge on any atom is -0.595 e. The molecule has 2 atom stereocenters. The molecule has 1 rings (SSSR count). The van der Waals surface area contributed by atoms with Crippen LogP contribution in [0.4, 0.5) is 17.1 Å². The highest BCUT2D eigenvalue weighted by Gasteiger charge is 2.26. The van der Waals surface area contributed by atoms with Crippen LogP contribution in [0.2, 0.25) is 0 Å². The first kappa shape index (κ1) is 18.8. The van der Waals surface area contributed by atoms with Gasteiger partial charge in [0, 0.05) is 25.2 Å². The lowest BCUT2D eigenvalue weighted by molar-refractivity contribution is -0.995. The molecule has 4 N–H and O–H groups in total. The van der Waals surface area contributed by atoms with E-state index in [0.717, 1.165) is 18.4 Å². The number of nitrogens with zero attached hydrogens (tertiary/aromatic N) is 1. The zero-order valence-corrected chi connectivity index (χ0v) is 13.7. The van der Waals surface area contributed by atoms with Crippen LogP contribution in [-0.4, -0.2) is 23.5 Å². The highest BCUT2D eigenvalue weighted by Crippen LogP contribution is 2.34. The molecule has 0 fully saturated rings. The van der Waals surface area contributed by atoms with Crippen LogP contribution < -0.4 is 15.4 Å². The van der Waals surface area contributed by atoms with Gasteiger partial charge in [-0.1, -0.05) is 27.7 Å². The molecule has 22 heavy (non-hydrogen) atoms. The second-order valence-electron chi connectivity index (χ2n) is 5.72. The average molecular weight is 313 g/mol. The predicted molar refractivity (Wildman–Crippen MR) is 84.9 cm³/mol. The molecule has 0 saturated heterocycles. The van der Waals surface area contributed by atoms with Gasteiger partial charge in [0.25, 0.3) is 0 Å². The van der Waals surface area contributed by atoms with E-state index in [-0.39, 0.29) is 17.3 Å². The number of rotatable bonds is 8. The van der Waals surface area contributed by atoms with Crippen molar-refractivity contribution in [1.29, 1.82) is 0 Å². The van der Waals surface area contributed by atoms with Crippen molar-refractivity contribution in [2.75, 3.05) is 18.0 Å². The number of anilines is 1. The Hall–Kier alpha value is -1.22. The second-order valence-corrected chi connectivity index (χ2v) is 5.72. The maximum atomic E-state index is 11.7. The first-order valence-electron chi connectivity index (χ1n) is 7.72. The molecule has 0 spiro atoms. The first-order chi connectivity index (χ1) is 10.3. The van der Waals surface area contributed by atoms with Gasteiger partial charge in [-0.3, -0.25) is 0 Å². The molecule has 0 aliphatic rings. The Morgan fingerprint density at radius 3 is 1.68 bits per heavy atom. The Morgan fingerprint density at radius 2 is 1.41 bits per heavy atom. The zero-order chi connectivity index (χ0) is 16.9. The summed E-state index contributed by atoms with van der Waals surface area (Å²) in [5.74, 6) is 0.0658. The van der Waals surface area contributed by atoms with Crippen LogP contribution in [0.25, 0.3) is 0 Å². The van der Waals surface area contributed by atoms with Gasteiger partial charge in [0.2, 0.25) is 0 Å². The molecule has 2 unspecified atom stereocenters. The van der Waals surface area contributed by atoms with Crippen molar-refractivity contribution in [2.45, 2.75) is 46.5 Å². The Balaban J connectivity index is 3.55. The van der Waals surface area contributed by atoms with E-state index in [0.29, 0.717) is 18.8 Å². The molecule has 7 heteroatoms. The molecule has 1 aromatic carbocycles. The fraction of sp³-hybridized carbons (Fsp3) is 0.600. The standard InChI is InChI=1S/C15H27N3O4/c1-5-7-16(8-6-2)15-13(17(19)20)9-12(11(3)4)10-14(15)18(21)22/h9-11,17-19,21H,5-8H2,1-4H3. The molecular weight excluding hydrogens is 286 g/mol. The Labute approximate surface area is 131 Å². The van der Waals surface area contributed by atoms with Crippen LogP contribution in [0.15, 0.2) is 12.1 Å². The van der Waals surface area contributed by atoms with Crippen LogP contribution in [-0.2, 0) is 0 Å². The topological polar surface area (TPSA) is 98.7 Å². The molecule has 0 aliphatic carbocycles. The van der Waals surface area contributed by atoms with E-state index >= 15 is 0 Å². The molecule has 1 aromatic rings. The first-order valence-corrected chi connectivity index (χ1v) is 7.72. The van der Waals surface area contributed by atoms with E-state index < -0.39 is 10.5 Å². The van der Waals surface area contributed by atoms with Gasteiger partial charge in [-0.25, -0.2) is 10.4 Å². The SMILES string of the molecule is CCCN(CCC)c1c([NH+]([O-])O)cc(C(C)C)cc1[NH+]([O-])O. The maximum absolute atomic E-state index is 11.7. The van der Waals surface area contributed by atoms with E-state index in [2.05, 4.69) is 0 Å². The average Bonchev–Trinajstić information content (AvgIpc) is 2.45. The van der Waals surface area contributed by atoms with Crippen molar-refractivity contribution in [3.63, 3.8) is 0 Å². The summed E-state index contributed by atoms with van der Waals surface area (Å²) in [6, 6.07) is 3.21. The van der Waals surface area contributed by atoms with E-state index in [1.807, 2.05) is 32.6 Å². The van der Waals surface area contributed by atoms with Crippen LogP contribution in [0, 0.1) is 10.4 Å². The van der Waals surface area contributed by atoms with Crippen molar-refractivity contribution in [3.8, 4) is 0 Å². The normalized spacial score (nSPS) is 14.2. The fourth-order valence-electron chi connectivity index (χ4n) is 2.53. The van der Waals surface area contributed by atoms with Gasteiger partial charge in [-0.05, 0) is 24.3 Å². The summed E-state index contributed by atoms with van der Waals surface area (Å²) >= 11 is 0. The van der Waals surface area contributed by atoms with E-state index in [1.165, 1.54) is 0 Å². The minimum absolute atomic E-state index is 0.0658. The van der Waals surface area contributed by atoms with Gasteiger partial charge in [0.15, 0.2) is 17.1 Å². The van der Waals surface area contributed by atoms with E-state index in [9.17, 15) is 20.8 Å². The Kier molecular flexibility index (Phi) is 7.21. The highest BCUT2D eigenvalue weighted by atomic mass is 16.8. The van der Waals surface area contributed by atoms with Gasteiger partial charge < -0.3 is 15.3 Å². The maximum Gasteiger partial charge on any atom is 0.194 e. The predicted octanol–water partition coefficient (Wildman–Crippen LogP) is 1.24. The number of benzene rings is 1. The van der Waals surface area contributed by atoms with Crippen molar-refractivity contribution < 1.29 is 20.9 Å². The third kappa shape index (κ3) is 4.39. The molecule has 0 bridgehead atoms. The van der Waals surface area contributed by atoms with Gasteiger partial charge in [0.1, 0.15) is 0 Å². The third-order valence-electron chi connectivity index (χ3n) is 3.56. The van der Waals surface area contributed by atoms with Gasteiger partial charge in [-0.15, -0.1) is 0 Å². The minimum atomic E-state index is -1.09. The van der Waals surface area contributed by atoms with E-state index in [4.69, 9.17) is 0 Å². The summed E-state index contributed by atoms with van der Waals surface area (Å²) < 4.78 is 0.